The Morgan fingerprint density at radius 2 is 1.58 bits per heavy atom. The third-order valence-corrected chi connectivity index (χ3v) is 4.11. The van der Waals surface area contributed by atoms with E-state index in [1.807, 2.05) is 0 Å². The molecule has 0 radical (unpaired) electrons. The van der Waals surface area contributed by atoms with E-state index < -0.39 is 23.7 Å². The van der Waals surface area contributed by atoms with Gasteiger partial charge in [0.25, 0.3) is 0 Å². The van der Waals surface area contributed by atoms with E-state index in [4.69, 9.17) is 10.5 Å². The van der Waals surface area contributed by atoms with Gasteiger partial charge in [0, 0.05) is 17.1 Å². The van der Waals surface area contributed by atoms with Crippen LogP contribution in [0.5, 0.6) is 0 Å². The van der Waals surface area contributed by atoms with Crippen LogP contribution in [0.4, 0.5) is 32.2 Å². The highest BCUT2D eigenvalue weighted by Gasteiger charge is 2.34. The molecule has 31 heavy (non-hydrogen) atoms. The molecule has 0 saturated carbocycles. The highest BCUT2D eigenvalue weighted by molar-refractivity contribution is 5.79. The maximum absolute atomic E-state index is 12.4. The first-order chi connectivity index (χ1) is 14.3. The number of nitrogens with one attached hydrogen (secondary N) is 1. The van der Waals surface area contributed by atoms with Crippen LogP contribution in [0.25, 0.3) is 17.1 Å². The zero-order valence-electron chi connectivity index (χ0n) is 16.8. The van der Waals surface area contributed by atoms with Crippen LogP contribution in [0.15, 0.2) is 30.7 Å². The summed E-state index contributed by atoms with van der Waals surface area (Å²) in [6.07, 6.45) is -4.41. The number of H-pyrrole nitrogens is 1. The Labute approximate surface area is 174 Å². The molecule has 0 unspecified atom stereocenters. The number of anilines is 1. The first kappa shape index (κ1) is 24.0. The molecule has 0 fully saturated rings. The summed E-state index contributed by atoms with van der Waals surface area (Å²) in [5.41, 5.74) is 5.33. The van der Waals surface area contributed by atoms with Crippen molar-refractivity contribution in [3.63, 3.8) is 0 Å². The van der Waals surface area contributed by atoms with Crippen LogP contribution in [0.3, 0.4) is 0 Å². The van der Waals surface area contributed by atoms with Crippen molar-refractivity contribution in [3.8, 4) is 0 Å². The number of pyridine rings is 2. The second-order valence-electron chi connectivity index (χ2n) is 6.44. The topological polar surface area (TPSA) is 76.8 Å². The lowest BCUT2D eigenvalue weighted by molar-refractivity contribution is -0.141. The molecule has 3 aromatic heterocycles. The molecule has 0 saturated heterocycles. The molecule has 0 spiro atoms. The van der Waals surface area contributed by atoms with Gasteiger partial charge in [0.15, 0.2) is 0 Å². The molecule has 3 N–H and O–H groups in total. The number of aromatic nitrogens is 3. The Kier molecular flexibility index (Phi) is 7.19. The van der Waals surface area contributed by atoms with Gasteiger partial charge in [-0.05, 0) is 56.2 Å². The SMILES string of the molecule is CCO/C=C/c1c(C)cc(C(F)(F)F)nc1N.Cc1cc(C(F)(F)F)nc2[nH]ccc12. The predicted molar refractivity (Wildman–Crippen MR) is 105 cm³/mol. The third kappa shape index (κ3) is 6.12. The largest absolute Gasteiger partial charge is 0.501 e. The number of aryl methyl sites for hydroxylation is 2. The lowest BCUT2D eigenvalue weighted by Gasteiger charge is -2.10. The number of fused-ring (bicyclic) bond motifs is 1. The molecule has 0 aromatic carbocycles. The highest BCUT2D eigenvalue weighted by atomic mass is 19.4. The van der Waals surface area contributed by atoms with E-state index >= 15 is 0 Å². The van der Waals surface area contributed by atoms with E-state index in [0.717, 1.165) is 17.5 Å². The second-order valence-corrected chi connectivity index (χ2v) is 6.44. The molecule has 3 heterocycles. The molecule has 0 amide bonds. The van der Waals surface area contributed by atoms with Crippen molar-refractivity contribution in [2.24, 2.45) is 0 Å². The molecule has 0 aliphatic carbocycles. The minimum Gasteiger partial charge on any atom is -0.501 e. The lowest BCUT2D eigenvalue weighted by Crippen LogP contribution is -2.11. The fourth-order valence-corrected chi connectivity index (χ4v) is 2.63. The zero-order valence-corrected chi connectivity index (χ0v) is 16.8. The average Bonchev–Trinajstić information content (AvgIpc) is 3.12. The van der Waals surface area contributed by atoms with E-state index in [1.54, 1.807) is 33.0 Å². The molecule has 0 bridgehead atoms. The van der Waals surface area contributed by atoms with Gasteiger partial charge in [0.2, 0.25) is 0 Å². The summed E-state index contributed by atoms with van der Waals surface area (Å²) in [6, 6.07) is 3.72. The van der Waals surface area contributed by atoms with Crippen LogP contribution in [-0.2, 0) is 17.1 Å². The number of nitrogen functional groups attached to an aromatic ring is 1. The van der Waals surface area contributed by atoms with Gasteiger partial charge in [-0.15, -0.1) is 0 Å². The Morgan fingerprint density at radius 1 is 1.00 bits per heavy atom. The van der Waals surface area contributed by atoms with Gasteiger partial charge in [-0.2, -0.15) is 26.3 Å². The van der Waals surface area contributed by atoms with E-state index in [9.17, 15) is 26.3 Å². The number of nitrogens with zero attached hydrogens (tertiary/aromatic N) is 2. The fourth-order valence-electron chi connectivity index (χ4n) is 2.63. The monoisotopic (exact) mass is 446 g/mol. The Bertz CT molecular complexity index is 1050. The summed E-state index contributed by atoms with van der Waals surface area (Å²) < 4.78 is 79.2. The molecule has 168 valence electrons. The summed E-state index contributed by atoms with van der Waals surface area (Å²) in [6.45, 7) is 5.45. The van der Waals surface area contributed by atoms with E-state index in [1.165, 1.54) is 12.3 Å². The molecule has 11 heteroatoms. The second kappa shape index (κ2) is 9.27. The number of hydrogen-bond donors (Lipinski definition) is 2. The number of ether oxygens (including phenoxy) is 1. The van der Waals surface area contributed by atoms with Crippen molar-refractivity contribution >= 4 is 22.9 Å². The quantitative estimate of drug-likeness (QED) is 0.389. The van der Waals surface area contributed by atoms with Crippen molar-refractivity contribution in [2.45, 2.75) is 33.1 Å². The summed E-state index contributed by atoms with van der Waals surface area (Å²) in [5, 5.41) is 0.720. The molecule has 3 aromatic rings. The summed E-state index contributed by atoms with van der Waals surface area (Å²) in [4.78, 5) is 9.48. The van der Waals surface area contributed by atoms with E-state index in [-0.39, 0.29) is 11.5 Å². The van der Waals surface area contributed by atoms with Crippen LogP contribution in [0.2, 0.25) is 0 Å². The van der Waals surface area contributed by atoms with Crippen molar-refractivity contribution in [1.29, 1.82) is 0 Å². The summed E-state index contributed by atoms with van der Waals surface area (Å²) in [5.74, 6) is -0.159. The smallest absolute Gasteiger partial charge is 0.433 e. The standard InChI is InChI=1S/C11H13F3N2O.C9H7F3N2/c1-3-17-5-4-8-7(2)6-9(11(12,13)14)16-10(8)15;1-5-4-7(9(10,11)12)14-8-6(5)2-3-13-8/h4-6H,3H2,1-2H3,(H2,15,16);2-4H,1H3,(H,13,14)/b5-4+;. The van der Waals surface area contributed by atoms with Crippen LogP contribution in [0.1, 0.15) is 35.0 Å². The number of nitrogens with two attached hydrogens (primary N) is 1. The van der Waals surface area contributed by atoms with Crippen LogP contribution < -0.4 is 5.73 Å². The van der Waals surface area contributed by atoms with Gasteiger partial charge in [-0.25, -0.2) is 9.97 Å². The minimum absolute atomic E-state index is 0.159. The van der Waals surface area contributed by atoms with Crippen molar-refractivity contribution in [3.05, 3.63) is 58.7 Å². The maximum Gasteiger partial charge on any atom is 0.433 e. The van der Waals surface area contributed by atoms with Gasteiger partial charge < -0.3 is 15.5 Å². The summed E-state index contributed by atoms with van der Waals surface area (Å²) in [7, 11) is 0. The van der Waals surface area contributed by atoms with Crippen molar-refractivity contribution in [2.75, 3.05) is 12.3 Å². The number of aromatic amines is 1. The summed E-state index contributed by atoms with van der Waals surface area (Å²) >= 11 is 0. The van der Waals surface area contributed by atoms with Crippen LogP contribution >= 0.6 is 0 Å². The zero-order chi connectivity index (χ0) is 23.4. The van der Waals surface area contributed by atoms with E-state index in [0.29, 0.717) is 23.3 Å². The molecule has 5 nitrogen and oxygen atoms in total. The van der Waals surface area contributed by atoms with Crippen LogP contribution in [0, 0.1) is 13.8 Å². The molecular weight excluding hydrogens is 426 g/mol. The van der Waals surface area contributed by atoms with Gasteiger partial charge in [0.05, 0.1) is 12.9 Å². The Balaban J connectivity index is 0.000000224. The van der Waals surface area contributed by atoms with Gasteiger partial charge >= 0.3 is 12.4 Å². The maximum atomic E-state index is 12.4. The first-order valence-electron chi connectivity index (χ1n) is 8.99. The fraction of sp³-hybridized carbons (Fsp3) is 0.300. The molecule has 3 rings (SSSR count). The lowest BCUT2D eigenvalue weighted by atomic mass is 10.1. The normalized spacial score (nSPS) is 12.2. The van der Waals surface area contributed by atoms with Crippen molar-refractivity contribution in [1.82, 2.24) is 15.0 Å². The van der Waals surface area contributed by atoms with Gasteiger partial charge in [-0.3, -0.25) is 0 Å². The van der Waals surface area contributed by atoms with Gasteiger partial charge in [0.1, 0.15) is 22.9 Å². The van der Waals surface area contributed by atoms with Crippen molar-refractivity contribution < 1.29 is 31.1 Å². The van der Waals surface area contributed by atoms with E-state index in [2.05, 4.69) is 15.0 Å². The highest BCUT2D eigenvalue weighted by Crippen LogP contribution is 2.31. The molecule has 0 aliphatic heterocycles. The van der Waals surface area contributed by atoms with Gasteiger partial charge in [-0.1, -0.05) is 0 Å². The first-order valence-corrected chi connectivity index (χ1v) is 8.99. The third-order valence-electron chi connectivity index (χ3n) is 4.11. The number of halogens is 6. The molecule has 0 aliphatic rings. The van der Waals surface area contributed by atoms with Crippen LogP contribution in [-0.4, -0.2) is 21.6 Å². The Hall–Kier alpha value is -3.24. The Morgan fingerprint density at radius 3 is 2.13 bits per heavy atom. The predicted octanol–water partition coefficient (Wildman–Crippen LogP) is 5.89. The molecule has 0 atom stereocenters. The average molecular weight is 446 g/mol. The number of hydrogen-bond acceptors (Lipinski definition) is 4. The molecular formula is C20H20F6N4O. The minimum atomic E-state index is -4.49. The number of alkyl halides is 6. The number of rotatable bonds is 3.